The summed E-state index contributed by atoms with van der Waals surface area (Å²) >= 11 is 0. The summed E-state index contributed by atoms with van der Waals surface area (Å²) in [7, 11) is 0. The van der Waals surface area contributed by atoms with Crippen molar-refractivity contribution in [1.29, 1.82) is 0 Å². The number of hydrogen-bond donors (Lipinski definition) is 2. The summed E-state index contributed by atoms with van der Waals surface area (Å²) in [5.41, 5.74) is 0.710. The highest BCUT2D eigenvalue weighted by Crippen LogP contribution is 2.09. The van der Waals surface area contributed by atoms with E-state index in [0.29, 0.717) is 37.8 Å². The lowest BCUT2D eigenvalue weighted by molar-refractivity contribution is -0.143. The van der Waals surface area contributed by atoms with Gasteiger partial charge >= 0.3 is 5.97 Å². The second kappa shape index (κ2) is 6.68. The molecule has 1 saturated heterocycles. The number of carbonyl (C=O) groups excluding carboxylic acids is 1. The molecule has 0 aliphatic carbocycles. The number of aromatic nitrogens is 1. The number of hydrogen-bond acceptors (Lipinski definition) is 6. The minimum absolute atomic E-state index is 0.161. The highest BCUT2D eigenvalue weighted by molar-refractivity contribution is 5.90. The second-order valence-corrected chi connectivity index (χ2v) is 5.21. The Balaban J connectivity index is 1.75. The third kappa shape index (κ3) is 4.27. The Morgan fingerprint density at radius 3 is 2.62 bits per heavy atom. The van der Waals surface area contributed by atoms with Gasteiger partial charge in [0.1, 0.15) is 6.04 Å². The molecule has 8 nitrogen and oxygen atoms in total. The van der Waals surface area contributed by atoms with Gasteiger partial charge in [-0.05, 0) is 13.8 Å². The molecular weight excluding hydrogens is 276 g/mol. The Morgan fingerprint density at radius 1 is 1.43 bits per heavy atom. The van der Waals surface area contributed by atoms with Gasteiger partial charge < -0.3 is 9.63 Å². The summed E-state index contributed by atoms with van der Waals surface area (Å²) in [4.78, 5) is 26.7. The number of rotatable bonds is 5. The van der Waals surface area contributed by atoms with Crippen LogP contribution in [0.25, 0.3) is 0 Å². The maximum absolute atomic E-state index is 11.9. The smallest absolute Gasteiger partial charge is 0.320 e. The maximum atomic E-state index is 11.9. The average Bonchev–Trinajstić information content (AvgIpc) is 2.83. The molecule has 1 aromatic rings. The number of carboxylic acids is 1. The van der Waals surface area contributed by atoms with Crippen LogP contribution in [-0.2, 0) is 9.59 Å². The van der Waals surface area contributed by atoms with E-state index in [1.807, 2.05) is 9.80 Å². The molecule has 0 aromatic carbocycles. The van der Waals surface area contributed by atoms with Gasteiger partial charge in [-0.2, -0.15) is 0 Å². The minimum atomic E-state index is -0.818. The molecule has 1 aromatic heterocycles. The summed E-state index contributed by atoms with van der Waals surface area (Å²) in [6.07, 6.45) is 0. The van der Waals surface area contributed by atoms with Crippen LogP contribution >= 0.6 is 0 Å². The van der Waals surface area contributed by atoms with E-state index in [0.717, 1.165) is 0 Å². The van der Waals surface area contributed by atoms with E-state index in [1.54, 1.807) is 19.9 Å². The molecule has 1 amide bonds. The van der Waals surface area contributed by atoms with Gasteiger partial charge in [-0.3, -0.25) is 24.7 Å². The number of carbonyl (C=O) groups is 2. The van der Waals surface area contributed by atoms with Crippen molar-refractivity contribution in [2.24, 2.45) is 0 Å². The van der Waals surface area contributed by atoms with Gasteiger partial charge in [-0.15, -0.1) is 0 Å². The number of anilines is 1. The molecule has 0 radical (unpaired) electrons. The lowest BCUT2D eigenvalue weighted by Gasteiger charge is -2.36. The number of piperazine rings is 1. The maximum Gasteiger partial charge on any atom is 0.320 e. The quantitative estimate of drug-likeness (QED) is 0.789. The number of carboxylic acid groups (broad SMARTS) is 1. The third-order valence-electron chi connectivity index (χ3n) is 3.57. The first-order valence-corrected chi connectivity index (χ1v) is 6.88. The largest absolute Gasteiger partial charge is 0.480 e. The molecule has 2 heterocycles. The van der Waals surface area contributed by atoms with Gasteiger partial charge in [0.2, 0.25) is 11.8 Å². The van der Waals surface area contributed by atoms with Crippen LogP contribution in [0.1, 0.15) is 12.6 Å². The number of nitrogens with one attached hydrogen (secondary N) is 1. The van der Waals surface area contributed by atoms with E-state index < -0.39 is 12.0 Å². The third-order valence-corrected chi connectivity index (χ3v) is 3.57. The Kier molecular flexibility index (Phi) is 4.92. The highest BCUT2D eigenvalue weighted by atomic mass is 16.5. The molecule has 1 unspecified atom stereocenters. The molecule has 0 saturated carbocycles. The van der Waals surface area contributed by atoms with Crippen LogP contribution in [0.4, 0.5) is 5.88 Å². The van der Waals surface area contributed by atoms with Gasteiger partial charge in [-0.25, -0.2) is 0 Å². The second-order valence-electron chi connectivity index (χ2n) is 5.21. The van der Waals surface area contributed by atoms with Gasteiger partial charge in [0.25, 0.3) is 0 Å². The van der Waals surface area contributed by atoms with Gasteiger partial charge in [0.05, 0.1) is 12.2 Å². The van der Waals surface area contributed by atoms with E-state index in [9.17, 15) is 9.59 Å². The molecule has 21 heavy (non-hydrogen) atoms. The van der Waals surface area contributed by atoms with Crippen LogP contribution in [0.5, 0.6) is 0 Å². The molecule has 0 bridgehead atoms. The predicted molar refractivity (Wildman–Crippen MR) is 75.0 cm³/mol. The first-order valence-electron chi connectivity index (χ1n) is 6.88. The standard InChI is InChI=1S/C13H20N4O4/c1-9-7-12(21-15-9)14-11(18)8-16-3-5-17(6-4-16)10(2)13(19)20/h7,10H,3-6,8H2,1-2H3,(H,14,18)(H,19,20). The van der Waals surface area contributed by atoms with Crippen molar-refractivity contribution in [2.75, 3.05) is 38.0 Å². The Hall–Kier alpha value is -1.93. The SMILES string of the molecule is Cc1cc(NC(=O)CN2CCN(C(C)C(=O)O)CC2)on1. The van der Waals surface area contributed by atoms with Crippen molar-refractivity contribution in [2.45, 2.75) is 19.9 Å². The lowest BCUT2D eigenvalue weighted by Crippen LogP contribution is -2.52. The zero-order valence-electron chi connectivity index (χ0n) is 12.2. The molecule has 0 spiro atoms. The van der Waals surface area contributed by atoms with Crippen LogP contribution in [0.3, 0.4) is 0 Å². The van der Waals surface area contributed by atoms with Crippen LogP contribution in [0.15, 0.2) is 10.6 Å². The summed E-state index contributed by atoms with van der Waals surface area (Å²) in [5, 5.41) is 15.3. The zero-order chi connectivity index (χ0) is 15.4. The molecule has 2 rings (SSSR count). The van der Waals surface area contributed by atoms with Crippen molar-refractivity contribution < 1.29 is 19.2 Å². The van der Waals surface area contributed by atoms with Crippen LogP contribution in [0.2, 0.25) is 0 Å². The van der Waals surface area contributed by atoms with Gasteiger partial charge in [0.15, 0.2) is 0 Å². The van der Waals surface area contributed by atoms with Gasteiger partial charge in [0, 0.05) is 32.2 Å². The molecule has 1 aliphatic rings. The van der Waals surface area contributed by atoms with Crippen LogP contribution in [0, 0.1) is 6.92 Å². The van der Waals surface area contributed by atoms with Crippen molar-refractivity contribution in [1.82, 2.24) is 15.0 Å². The highest BCUT2D eigenvalue weighted by Gasteiger charge is 2.25. The van der Waals surface area contributed by atoms with Crippen LogP contribution < -0.4 is 5.32 Å². The first kappa shape index (κ1) is 15.5. The normalized spacial score (nSPS) is 18.4. The molecular formula is C13H20N4O4. The molecule has 8 heteroatoms. The summed E-state index contributed by atoms with van der Waals surface area (Å²) in [5.74, 6) is -0.636. The number of nitrogens with zero attached hydrogens (tertiary/aromatic N) is 3. The lowest BCUT2D eigenvalue weighted by atomic mass is 10.2. The first-order chi connectivity index (χ1) is 9.95. The number of amides is 1. The van der Waals surface area contributed by atoms with Crippen molar-refractivity contribution >= 4 is 17.8 Å². The predicted octanol–water partition coefficient (Wildman–Crippen LogP) is 0.0122. The molecule has 1 aliphatic heterocycles. The Morgan fingerprint density at radius 2 is 2.10 bits per heavy atom. The fourth-order valence-electron chi connectivity index (χ4n) is 2.27. The van der Waals surface area contributed by atoms with E-state index in [-0.39, 0.29) is 12.5 Å². The molecule has 2 N–H and O–H groups in total. The van der Waals surface area contributed by atoms with Gasteiger partial charge in [-0.1, -0.05) is 5.16 Å². The van der Waals surface area contributed by atoms with E-state index in [2.05, 4.69) is 10.5 Å². The van der Waals surface area contributed by atoms with E-state index >= 15 is 0 Å². The number of aliphatic carboxylic acids is 1. The Labute approximate surface area is 122 Å². The van der Waals surface area contributed by atoms with Crippen molar-refractivity contribution in [3.05, 3.63) is 11.8 Å². The van der Waals surface area contributed by atoms with E-state index in [1.165, 1.54) is 0 Å². The summed E-state index contributed by atoms with van der Waals surface area (Å²) < 4.78 is 4.93. The fraction of sp³-hybridized carbons (Fsp3) is 0.615. The number of aryl methyl sites for hydroxylation is 1. The molecule has 116 valence electrons. The molecule has 1 fully saturated rings. The molecule has 1 atom stereocenters. The summed E-state index contributed by atoms with van der Waals surface area (Å²) in [6.45, 7) is 6.33. The van der Waals surface area contributed by atoms with E-state index in [4.69, 9.17) is 9.63 Å². The Bertz CT molecular complexity index is 508. The topological polar surface area (TPSA) is 98.9 Å². The zero-order valence-corrected chi connectivity index (χ0v) is 12.2. The average molecular weight is 296 g/mol. The monoisotopic (exact) mass is 296 g/mol. The summed E-state index contributed by atoms with van der Waals surface area (Å²) in [6, 6.07) is 1.17. The van der Waals surface area contributed by atoms with Crippen molar-refractivity contribution in [3.8, 4) is 0 Å². The fourth-order valence-corrected chi connectivity index (χ4v) is 2.27. The minimum Gasteiger partial charge on any atom is -0.480 e. The van der Waals surface area contributed by atoms with Crippen LogP contribution in [-0.4, -0.2) is 70.7 Å². The van der Waals surface area contributed by atoms with Crippen molar-refractivity contribution in [3.63, 3.8) is 0 Å².